The Morgan fingerprint density at radius 2 is 1.75 bits per heavy atom. The lowest BCUT2D eigenvalue weighted by Gasteiger charge is -2.32. The van der Waals surface area contributed by atoms with Crippen molar-refractivity contribution in [2.75, 3.05) is 13.1 Å². The fourth-order valence-corrected chi connectivity index (χ4v) is 4.09. The van der Waals surface area contributed by atoms with Crippen LogP contribution in [0, 0.1) is 29.1 Å². The Balaban J connectivity index is 1.75. The summed E-state index contributed by atoms with van der Waals surface area (Å²) < 4.78 is 0. The fraction of sp³-hybridized carbons (Fsp3) is 1.00. The van der Waals surface area contributed by atoms with Crippen molar-refractivity contribution >= 4 is 0 Å². The van der Waals surface area contributed by atoms with Crippen LogP contribution in [0.4, 0.5) is 0 Å². The van der Waals surface area contributed by atoms with E-state index in [4.69, 9.17) is 0 Å². The zero-order valence-corrected chi connectivity index (χ0v) is 11.6. The molecule has 3 atom stereocenters. The molecule has 2 rings (SSSR count). The van der Waals surface area contributed by atoms with Gasteiger partial charge in [-0.2, -0.15) is 0 Å². The van der Waals surface area contributed by atoms with Gasteiger partial charge in [-0.3, -0.25) is 0 Å². The molecule has 1 spiro atoms. The molecular formula is C15H29N. The van der Waals surface area contributed by atoms with Crippen molar-refractivity contribution in [2.45, 2.75) is 53.4 Å². The Bertz CT molecular complexity index is 224. The SMILES string of the molecule is CC(C)CNCC1CC12CC(C)CC(C)C2. The predicted molar refractivity (Wildman–Crippen MR) is 70.4 cm³/mol. The highest BCUT2D eigenvalue weighted by atomic mass is 14.9. The van der Waals surface area contributed by atoms with Gasteiger partial charge in [-0.05, 0) is 67.9 Å². The van der Waals surface area contributed by atoms with Crippen LogP contribution in [0.15, 0.2) is 0 Å². The van der Waals surface area contributed by atoms with Crippen LogP contribution in [-0.4, -0.2) is 13.1 Å². The average molecular weight is 223 g/mol. The average Bonchev–Trinajstić information content (AvgIpc) is 2.74. The van der Waals surface area contributed by atoms with E-state index < -0.39 is 0 Å². The number of hydrogen-bond acceptors (Lipinski definition) is 1. The van der Waals surface area contributed by atoms with Gasteiger partial charge in [0, 0.05) is 0 Å². The van der Waals surface area contributed by atoms with Crippen LogP contribution in [0.3, 0.4) is 0 Å². The second-order valence-corrected chi connectivity index (χ2v) is 7.17. The maximum absolute atomic E-state index is 3.65. The van der Waals surface area contributed by atoms with E-state index in [0.717, 1.165) is 29.1 Å². The summed E-state index contributed by atoms with van der Waals surface area (Å²) in [5.74, 6) is 3.73. The highest BCUT2D eigenvalue weighted by Gasteiger charge is 2.55. The molecule has 0 aromatic heterocycles. The summed E-state index contributed by atoms with van der Waals surface area (Å²) in [5, 5.41) is 3.65. The lowest BCUT2D eigenvalue weighted by atomic mass is 9.73. The van der Waals surface area contributed by atoms with E-state index in [0.29, 0.717) is 0 Å². The fourth-order valence-electron chi connectivity index (χ4n) is 4.09. The molecule has 16 heavy (non-hydrogen) atoms. The Morgan fingerprint density at radius 3 is 2.31 bits per heavy atom. The third-order valence-electron chi connectivity index (χ3n) is 4.62. The smallest absolute Gasteiger partial charge is 0.00149 e. The molecule has 2 aliphatic carbocycles. The molecule has 2 fully saturated rings. The van der Waals surface area contributed by atoms with Crippen LogP contribution in [0.1, 0.15) is 53.4 Å². The van der Waals surface area contributed by atoms with Gasteiger partial charge in [0.25, 0.3) is 0 Å². The van der Waals surface area contributed by atoms with Crippen LogP contribution < -0.4 is 5.32 Å². The minimum atomic E-state index is 0.765. The standard InChI is InChI=1S/C15H29N/c1-11(2)9-16-10-14-8-15(14)6-12(3)5-13(4)7-15/h11-14,16H,5-10H2,1-4H3. The van der Waals surface area contributed by atoms with Gasteiger partial charge in [0.1, 0.15) is 0 Å². The summed E-state index contributed by atoms with van der Waals surface area (Å²) in [4.78, 5) is 0. The van der Waals surface area contributed by atoms with Crippen molar-refractivity contribution in [1.29, 1.82) is 0 Å². The first-order valence-corrected chi connectivity index (χ1v) is 7.22. The molecule has 94 valence electrons. The van der Waals surface area contributed by atoms with Crippen LogP contribution in [0.2, 0.25) is 0 Å². The van der Waals surface area contributed by atoms with Gasteiger partial charge in [-0.1, -0.05) is 27.7 Å². The first-order valence-electron chi connectivity index (χ1n) is 7.22. The lowest BCUT2D eigenvalue weighted by Crippen LogP contribution is -2.27. The van der Waals surface area contributed by atoms with E-state index in [-0.39, 0.29) is 0 Å². The zero-order valence-electron chi connectivity index (χ0n) is 11.6. The van der Waals surface area contributed by atoms with Gasteiger partial charge < -0.3 is 5.32 Å². The van der Waals surface area contributed by atoms with Crippen LogP contribution in [0.25, 0.3) is 0 Å². The van der Waals surface area contributed by atoms with Gasteiger partial charge in [0.05, 0.1) is 0 Å². The van der Waals surface area contributed by atoms with Gasteiger partial charge in [-0.25, -0.2) is 0 Å². The molecule has 2 saturated carbocycles. The molecule has 0 aromatic rings. The summed E-state index contributed by atoms with van der Waals surface area (Å²) in [5.41, 5.74) is 0.765. The Morgan fingerprint density at radius 1 is 1.12 bits per heavy atom. The largest absolute Gasteiger partial charge is 0.316 e. The molecule has 0 amide bonds. The molecule has 0 saturated heterocycles. The van der Waals surface area contributed by atoms with E-state index >= 15 is 0 Å². The van der Waals surface area contributed by atoms with E-state index in [1.54, 1.807) is 0 Å². The molecule has 1 N–H and O–H groups in total. The van der Waals surface area contributed by atoms with E-state index in [1.807, 2.05) is 0 Å². The minimum absolute atomic E-state index is 0.765. The quantitative estimate of drug-likeness (QED) is 0.766. The summed E-state index contributed by atoms with van der Waals surface area (Å²) in [6.07, 6.45) is 5.98. The predicted octanol–water partition coefficient (Wildman–Crippen LogP) is 3.69. The molecular weight excluding hydrogens is 194 g/mol. The second-order valence-electron chi connectivity index (χ2n) is 7.17. The maximum atomic E-state index is 3.65. The first-order chi connectivity index (χ1) is 7.52. The van der Waals surface area contributed by atoms with E-state index in [9.17, 15) is 0 Å². The molecule has 3 unspecified atom stereocenters. The Hall–Kier alpha value is -0.0400. The van der Waals surface area contributed by atoms with Crippen LogP contribution in [0.5, 0.6) is 0 Å². The normalized spacial score (nSPS) is 42.9. The second kappa shape index (κ2) is 4.68. The lowest BCUT2D eigenvalue weighted by molar-refractivity contribution is 0.184. The van der Waals surface area contributed by atoms with Gasteiger partial charge in [-0.15, -0.1) is 0 Å². The highest BCUT2D eigenvalue weighted by molar-refractivity contribution is 5.06. The van der Waals surface area contributed by atoms with Crippen LogP contribution in [-0.2, 0) is 0 Å². The highest BCUT2D eigenvalue weighted by Crippen LogP contribution is 2.63. The third kappa shape index (κ3) is 2.80. The Labute approximate surface area is 101 Å². The molecule has 1 nitrogen and oxygen atoms in total. The Kier molecular flexibility index (Phi) is 3.63. The summed E-state index contributed by atoms with van der Waals surface area (Å²) in [7, 11) is 0. The molecule has 0 bridgehead atoms. The molecule has 2 aliphatic rings. The van der Waals surface area contributed by atoms with Crippen molar-refractivity contribution in [2.24, 2.45) is 29.1 Å². The third-order valence-corrected chi connectivity index (χ3v) is 4.62. The van der Waals surface area contributed by atoms with E-state index in [2.05, 4.69) is 33.0 Å². The minimum Gasteiger partial charge on any atom is -0.316 e. The topological polar surface area (TPSA) is 12.0 Å². The van der Waals surface area contributed by atoms with E-state index in [1.165, 1.54) is 38.8 Å². The zero-order chi connectivity index (χ0) is 11.8. The van der Waals surface area contributed by atoms with Gasteiger partial charge in [0.15, 0.2) is 0 Å². The first kappa shape index (κ1) is 12.4. The maximum Gasteiger partial charge on any atom is -0.00149 e. The number of rotatable bonds is 4. The molecule has 0 aromatic carbocycles. The number of nitrogens with one attached hydrogen (secondary N) is 1. The van der Waals surface area contributed by atoms with Crippen molar-refractivity contribution in [3.05, 3.63) is 0 Å². The van der Waals surface area contributed by atoms with Crippen molar-refractivity contribution in [3.63, 3.8) is 0 Å². The van der Waals surface area contributed by atoms with Gasteiger partial charge in [0.2, 0.25) is 0 Å². The van der Waals surface area contributed by atoms with Crippen molar-refractivity contribution in [3.8, 4) is 0 Å². The van der Waals surface area contributed by atoms with Crippen LogP contribution >= 0.6 is 0 Å². The summed E-state index contributed by atoms with van der Waals surface area (Å²) in [6, 6.07) is 0. The van der Waals surface area contributed by atoms with Crippen molar-refractivity contribution in [1.82, 2.24) is 5.32 Å². The summed E-state index contributed by atoms with van der Waals surface area (Å²) >= 11 is 0. The van der Waals surface area contributed by atoms with Crippen molar-refractivity contribution < 1.29 is 0 Å². The summed E-state index contributed by atoms with van der Waals surface area (Å²) in [6.45, 7) is 12.0. The monoisotopic (exact) mass is 223 g/mol. The molecule has 0 heterocycles. The number of hydrogen-bond donors (Lipinski definition) is 1. The molecule has 1 heteroatoms. The molecule has 0 aliphatic heterocycles. The molecule has 0 radical (unpaired) electrons. The van der Waals surface area contributed by atoms with Gasteiger partial charge >= 0.3 is 0 Å².